The van der Waals surface area contributed by atoms with Gasteiger partial charge in [-0.15, -0.1) is 5.10 Å². The van der Waals surface area contributed by atoms with Gasteiger partial charge >= 0.3 is 0 Å². The summed E-state index contributed by atoms with van der Waals surface area (Å²) in [5, 5.41) is 8.25. The van der Waals surface area contributed by atoms with Crippen LogP contribution in [-0.4, -0.2) is 50.8 Å². The topological polar surface area (TPSA) is 114 Å². The van der Waals surface area contributed by atoms with E-state index in [1.165, 1.54) is 4.31 Å². The number of rotatable bonds is 5. The number of benzene rings is 2. The van der Waals surface area contributed by atoms with Crippen molar-refractivity contribution in [2.45, 2.75) is 51.0 Å². The molecule has 1 saturated heterocycles. The van der Waals surface area contributed by atoms with E-state index in [4.69, 9.17) is 4.98 Å². The third kappa shape index (κ3) is 4.51. The summed E-state index contributed by atoms with van der Waals surface area (Å²) < 4.78 is 29.2. The van der Waals surface area contributed by atoms with E-state index < -0.39 is 10.0 Å². The van der Waals surface area contributed by atoms with E-state index in [1.807, 2.05) is 20.8 Å². The van der Waals surface area contributed by atoms with Gasteiger partial charge in [0.15, 0.2) is 11.2 Å². The van der Waals surface area contributed by atoms with E-state index in [0.717, 1.165) is 22.3 Å². The minimum Gasteiger partial charge on any atom is -0.308 e. The number of hydrogen-bond donors (Lipinski definition) is 1. The van der Waals surface area contributed by atoms with E-state index in [2.05, 4.69) is 33.5 Å². The summed E-state index contributed by atoms with van der Waals surface area (Å²) in [6, 6.07) is 13.1. The van der Waals surface area contributed by atoms with Crippen LogP contribution in [0.15, 0.2) is 52.2 Å². The fourth-order valence-corrected chi connectivity index (χ4v) is 6.01. The van der Waals surface area contributed by atoms with Crippen LogP contribution in [0.1, 0.15) is 46.8 Å². The Morgan fingerprint density at radius 2 is 1.69 bits per heavy atom. The predicted octanol–water partition coefficient (Wildman–Crippen LogP) is 3.06. The molecule has 0 saturated carbocycles. The third-order valence-corrected chi connectivity index (χ3v) is 8.63. The van der Waals surface area contributed by atoms with Crippen molar-refractivity contribution in [3.63, 3.8) is 0 Å². The smallest absolute Gasteiger partial charge is 0.281 e. The molecule has 2 aromatic heterocycles. The average molecular weight is 493 g/mol. The van der Waals surface area contributed by atoms with Crippen molar-refractivity contribution >= 4 is 21.2 Å². The van der Waals surface area contributed by atoms with Gasteiger partial charge in [-0.3, -0.25) is 4.79 Å². The van der Waals surface area contributed by atoms with Gasteiger partial charge in [0, 0.05) is 19.0 Å². The molecular formula is C25H28N6O3S. The monoisotopic (exact) mass is 492 g/mol. The minimum atomic E-state index is -3.55. The second kappa shape index (κ2) is 9.01. The van der Waals surface area contributed by atoms with Crippen molar-refractivity contribution < 1.29 is 8.42 Å². The normalized spacial score (nSPS) is 15.6. The van der Waals surface area contributed by atoms with Crippen molar-refractivity contribution in [2.75, 3.05) is 13.1 Å². The van der Waals surface area contributed by atoms with E-state index in [9.17, 15) is 13.2 Å². The molecule has 0 amide bonds. The molecule has 5 rings (SSSR count). The summed E-state index contributed by atoms with van der Waals surface area (Å²) in [4.78, 5) is 20.6. The molecule has 0 aliphatic carbocycles. The van der Waals surface area contributed by atoms with Crippen molar-refractivity contribution in [3.8, 4) is 0 Å². The SMILES string of the molecule is Cc1ccc(S(=O)(=O)N2CCC(c3nc4c(nnn4Cc4cc(C)ccc4C)c(=O)[nH]3)CC2)cc1. The van der Waals surface area contributed by atoms with E-state index in [1.54, 1.807) is 28.9 Å². The lowest BCUT2D eigenvalue weighted by atomic mass is 9.97. The van der Waals surface area contributed by atoms with Gasteiger partial charge in [-0.1, -0.05) is 46.7 Å². The maximum absolute atomic E-state index is 13.0. The quantitative estimate of drug-likeness (QED) is 0.458. The van der Waals surface area contributed by atoms with Gasteiger partial charge in [0.05, 0.1) is 11.4 Å². The summed E-state index contributed by atoms with van der Waals surface area (Å²) >= 11 is 0. The largest absolute Gasteiger partial charge is 0.308 e. The highest BCUT2D eigenvalue weighted by Gasteiger charge is 2.31. The molecule has 0 radical (unpaired) electrons. The molecule has 9 nitrogen and oxygen atoms in total. The van der Waals surface area contributed by atoms with Crippen molar-refractivity contribution in [3.05, 3.63) is 80.9 Å². The lowest BCUT2D eigenvalue weighted by Gasteiger charge is -2.30. The summed E-state index contributed by atoms with van der Waals surface area (Å²) in [7, 11) is -3.55. The molecule has 35 heavy (non-hydrogen) atoms. The van der Waals surface area contributed by atoms with Crippen LogP contribution in [0.3, 0.4) is 0 Å². The van der Waals surface area contributed by atoms with Crippen LogP contribution < -0.4 is 5.56 Å². The molecule has 3 heterocycles. The zero-order valence-electron chi connectivity index (χ0n) is 20.0. The molecule has 10 heteroatoms. The number of aromatic nitrogens is 5. The summed E-state index contributed by atoms with van der Waals surface area (Å²) in [5.41, 5.74) is 4.71. The summed E-state index contributed by atoms with van der Waals surface area (Å²) in [6.45, 7) is 7.20. The number of aryl methyl sites for hydroxylation is 3. The molecule has 0 atom stereocenters. The van der Waals surface area contributed by atoms with Crippen LogP contribution in [-0.2, 0) is 16.6 Å². The lowest BCUT2D eigenvalue weighted by Crippen LogP contribution is -2.38. The number of hydrogen-bond acceptors (Lipinski definition) is 6. The highest BCUT2D eigenvalue weighted by Crippen LogP contribution is 2.29. The highest BCUT2D eigenvalue weighted by atomic mass is 32.2. The molecule has 1 aliphatic heterocycles. The highest BCUT2D eigenvalue weighted by molar-refractivity contribution is 7.89. The fraction of sp³-hybridized carbons (Fsp3) is 0.360. The van der Waals surface area contributed by atoms with Crippen LogP contribution in [0.25, 0.3) is 11.2 Å². The Morgan fingerprint density at radius 1 is 1.00 bits per heavy atom. The van der Waals surface area contributed by atoms with Crippen molar-refractivity contribution in [1.29, 1.82) is 0 Å². The van der Waals surface area contributed by atoms with Crippen LogP contribution >= 0.6 is 0 Å². The number of fused-ring (bicyclic) bond motifs is 1. The van der Waals surface area contributed by atoms with Gasteiger partial charge in [0.25, 0.3) is 5.56 Å². The summed E-state index contributed by atoms with van der Waals surface area (Å²) in [5.74, 6) is 0.500. The number of H-pyrrole nitrogens is 1. The number of sulfonamides is 1. The van der Waals surface area contributed by atoms with E-state index in [-0.39, 0.29) is 17.0 Å². The van der Waals surface area contributed by atoms with Gasteiger partial charge in [-0.05, 0) is 56.9 Å². The van der Waals surface area contributed by atoms with Gasteiger partial charge in [-0.2, -0.15) is 4.31 Å². The molecule has 1 N–H and O–H groups in total. The standard InChI is InChI=1S/C25H28N6O3S/c1-16-5-8-21(9-6-16)35(33,34)30-12-10-19(11-13-30)23-26-24-22(25(32)27-23)28-29-31(24)15-20-14-17(2)4-7-18(20)3/h4-9,14,19H,10-13,15H2,1-3H3,(H,26,27,32). The Morgan fingerprint density at radius 3 is 2.40 bits per heavy atom. The number of piperidine rings is 1. The minimum absolute atomic E-state index is 0.0550. The molecule has 0 bridgehead atoms. The van der Waals surface area contributed by atoms with Crippen molar-refractivity contribution in [2.24, 2.45) is 0 Å². The maximum Gasteiger partial charge on any atom is 0.281 e. The Kier molecular flexibility index (Phi) is 6.02. The van der Waals surface area contributed by atoms with Gasteiger partial charge in [-0.25, -0.2) is 18.1 Å². The average Bonchev–Trinajstić information content (AvgIpc) is 3.25. The molecule has 182 valence electrons. The zero-order valence-corrected chi connectivity index (χ0v) is 20.8. The Hall–Kier alpha value is -3.37. The first-order valence-electron chi connectivity index (χ1n) is 11.7. The summed E-state index contributed by atoms with van der Waals surface area (Å²) in [6.07, 6.45) is 1.14. The Labute approximate surface area is 203 Å². The fourth-order valence-electron chi connectivity index (χ4n) is 4.54. The second-order valence-corrected chi connectivity index (χ2v) is 11.2. The van der Waals surface area contributed by atoms with Gasteiger partial charge in [0.1, 0.15) is 5.82 Å². The first-order chi connectivity index (χ1) is 16.7. The van der Waals surface area contributed by atoms with Gasteiger partial charge in [0.2, 0.25) is 10.0 Å². The molecular weight excluding hydrogens is 464 g/mol. The Balaban J connectivity index is 1.38. The zero-order chi connectivity index (χ0) is 24.7. The molecule has 0 spiro atoms. The molecule has 4 aromatic rings. The van der Waals surface area contributed by atoms with Crippen LogP contribution in [0.4, 0.5) is 0 Å². The molecule has 1 aliphatic rings. The van der Waals surface area contributed by atoms with E-state index >= 15 is 0 Å². The van der Waals surface area contributed by atoms with Crippen LogP contribution in [0, 0.1) is 20.8 Å². The number of nitrogens with zero attached hydrogens (tertiary/aromatic N) is 5. The third-order valence-electron chi connectivity index (χ3n) is 6.72. The van der Waals surface area contributed by atoms with Crippen LogP contribution in [0.5, 0.6) is 0 Å². The van der Waals surface area contributed by atoms with Gasteiger partial charge < -0.3 is 4.98 Å². The number of nitrogens with one attached hydrogen (secondary N) is 1. The molecule has 2 aromatic carbocycles. The van der Waals surface area contributed by atoms with Crippen LogP contribution in [0.2, 0.25) is 0 Å². The first kappa shape index (κ1) is 23.4. The van der Waals surface area contributed by atoms with E-state index in [0.29, 0.717) is 48.8 Å². The second-order valence-electron chi connectivity index (χ2n) is 9.29. The molecule has 1 fully saturated rings. The predicted molar refractivity (Wildman–Crippen MR) is 133 cm³/mol. The van der Waals surface area contributed by atoms with Crippen molar-refractivity contribution in [1.82, 2.24) is 29.3 Å². The lowest BCUT2D eigenvalue weighted by molar-refractivity contribution is 0.313. The maximum atomic E-state index is 13.0. The molecule has 0 unspecified atom stereocenters. The number of aromatic amines is 1. The first-order valence-corrected chi connectivity index (χ1v) is 13.1. The Bertz CT molecular complexity index is 1550.